The van der Waals surface area contributed by atoms with Crippen LogP contribution in [0.25, 0.3) is 10.9 Å². The molecule has 0 unspecified atom stereocenters. The molecule has 0 spiro atoms. The van der Waals surface area contributed by atoms with Crippen LogP contribution in [-0.4, -0.2) is 30.5 Å². The first-order valence-electron chi connectivity index (χ1n) is 8.63. The minimum atomic E-state index is -0.356. The molecule has 1 aliphatic rings. The first-order chi connectivity index (χ1) is 13.0. The van der Waals surface area contributed by atoms with E-state index in [9.17, 15) is 14.0 Å². The van der Waals surface area contributed by atoms with E-state index in [1.54, 1.807) is 35.2 Å². The summed E-state index contributed by atoms with van der Waals surface area (Å²) in [5, 5.41) is 3.42. The predicted molar refractivity (Wildman–Crippen MR) is 101 cm³/mol. The largest absolute Gasteiger partial charge is 0.494 e. The Morgan fingerprint density at radius 3 is 2.81 bits per heavy atom. The number of benzene rings is 2. The highest BCUT2D eigenvalue weighted by Crippen LogP contribution is 2.34. The fourth-order valence-electron chi connectivity index (χ4n) is 3.31. The third kappa shape index (κ3) is 3.23. The van der Waals surface area contributed by atoms with Gasteiger partial charge in [-0.2, -0.15) is 0 Å². The Balaban J connectivity index is 1.57. The molecule has 1 saturated heterocycles. The SMILES string of the molecule is COc1cc(NC(=O)c2cc3cc(F)ccc3[nH]2)ccc1N1CCCC1=O. The summed E-state index contributed by atoms with van der Waals surface area (Å²) in [6.07, 6.45) is 1.35. The number of nitrogens with zero attached hydrogens (tertiary/aromatic N) is 1. The second-order valence-electron chi connectivity index (χ2n) is 6.40. The van der Waals surface area contributed by atoms with Gasteiger partial charge in [0, 0.05) is 35.6 Å². The Hall–Kier alpha value is -3.35. The first kappa shape index (κ1) is 17.1. The Morgan fingerprint density at radius 2 is 2.07 bits per heavy atom. The molecular formula is C20H18FN3O3. The van der Waals surface area contributed by atoms with Gasteiger partial charge < -0.3 is 19.9 Å². The quantitative estimate of drug-likeness (QED) is 0.738. The lowest BCUT2D eigenvalue weighted by atomic mass is 10.2. The van der Waals surface area contributed by atoms with Gasteiger partial charge in [-0.3, -0.25) is 9.59 Å². The van der Waals surface area contributed by atoms with Crippen molar-refractivity contribution < 1.29 is 18.7 Å². The van der Waals surface area contributed by atoms with Crippen molar-refractivity contribution in [2.45, 2.75) is 12.8 Å². The molecule has 2 N–H and O–H groups in total. The summed E-state index contributed by atoms with van der Waals surface area (Å²) < 4.78 is 18.7. The second-order valence-corrected chi connectivity index (χ2v) is 6.40. The molecule has 2 heterocycles. The lowest BCUT2D eigenvalue weighted by Gasteiger charge is -2.19. The van der Waals surface area contributed by atoms with Gasteiger partial charge in [-0.1, -0.05) is 0 Å². The number of halogens is 1. The summed E-state index contributed by atoms with van der Waals surface area (Å²) in [7, 11) is 1.53. The van der Waals surface area contributed by atoms with E-state index in [-0.39, 0.29) is 17.6 Å². The molecule has 2 amide bonds. The second kappa shape index (κ2) is 6.75. The van der Waals surface area contributed by atoms with Crippen LogP contribution in [0.5, 0.6) is 5.75 Å². The molecule has 0 atom stereocenters. The summed E-state index contributed by atoms with van der Waals surface area (Å²) in [6, 6.07) is 11.1. The lowest BCUT2D eigenvalue weighted by Crippen LogP contribution is -2.24. The van der Waals surface area contributed by atoms with Gasteiger partial charge in [-0.05, 0) is 42.8 Å². The number of ether oxygens (including phenoxy) is 1. The van der Waals surface area contributed by atoms with Crippen LogP contribution >= 0.6 is 0 Å². The molecule has 7 heteroatoms. The van der Waals surface area contributed by atoms with E-state index in [4.69, 9.17) is 4.74 Å². The molecule has 1 fully saturated rings. The van der Waals surface area contributed by atoms with Crippen molar-refractivity contribution >= 4 is 34.1 Å². The van der Waals surface area contributed by atoms with Gasteiger partial charge in [-0.25, -0.2) is 4.39 Å². The van der Waals surface area contributed by atoms with Gasteiger partial charge in [0.25, 0.3) is 5.91 Å². The van der Waals surface area contributed by atoms with Crippen molar-refractivity contribution in [3.8, 4) is 5.75 Å². The van der Waals surface area contributed by atoms with Crippen molar-refractivity contribution in [1.82, 2.24) is 4.98 Å². The van der Waals surface area contributed by atoms with Gasteiger partial charge in [-0.15, -0.1) is 0 Å². The fourth-order valence-corrected chi connectivity index (χ4v) is 3.31. The topological polar surface area (TPSA) is 74.4 Å². The van der Waals surface area contributed by atoms with Crippen LogP contribution in [0, 0.1) is 5.82 Å². The summed E-state index contributed by atoms with van der Waals surface area (Å²) in [4.78, 5) is 29.2. The summed E-state index contributed by atoms with van der Waals surface area (Å²) in [5.74, 6) is -0.124. The zero-order valence-corrected chi connectivity index (χ0v) is 14.7. The van der Waals surface area contributed by atoms with Crippen molar-refractivity contribution in [2.24, 2.45) is 0 Å². The average Bonchev–Trinajstić information content (AvgIpc) is 3.27. The minimum absolute atomic E-state index is 0.0652. The molecule has 0 bridgehead atoms. The van der Waals surface area contributed by atoms with E-state index < -0.39 is 0 Å². The van der Waals surface area contributed by atoms with Crippen molar-refractivity contribution in [3.63, 3.8) is 0 Å². The Bertz CT molecular complexity index is 1040. The normalized spacial score (nSPS) is 14.0. The molecule has 1 aliphatic heterocycles. The van der Waals surface area contributed by atoms with Crippen molar-refractivity contribution in [1.29, 1.82) is 0 Å². The number of aromatic nitrogens is 1. The number of rotatable bonds is 4. The molecule has 6 nitrogen and oxygen atoms in total. The third-order valence-corrected chi connectivity index (χ3v) is 4.63. The predicted octanol–water partition coefficient (Wildman–Crippen LogP) is 3.69. The maximum atomic E-state index is 13.3. The summed E-state index contributed by atoms with van der Waals surface area (Å²) in [5.41, 5.74) is 2.24. The van der Waals surface area contributed by atoms with Crippen LogP contribution in [0.15, 0.2) is 42.5 Å². The highest BCUT2D eigenvalue weighted by atomic mass is 19.1. The summed E-state index contributed by atoms with van der Waals surface area (Å²) >= 11 is 0. The molecule has 0 radical (unpaired) electrons. The molecule has 3 aromatic rings. The van der Waals surface area contributed by atoms with Gasteiger partial charge in [0.2, 0.25) is 5.91 Å². The zero-order valence-electron chi connectivity index (χ0n) is 14.7. The van der Waals surface area contributed by atoms with Crippen LogP contribution in [0.3, 0.4) is 0 Å². The number of nitrogens with one attached hydrogen (secondary N) is 2. The van der Waals surface area contributed by atoms with Gasteiger partial charge in [0.1, 0.15) is 17.3 Å². The number of fused-ring (bicyclic) bond motifs is 1. The van der Waals surface area contributed by atoms with E-state index in [2.05, 4.69) is 10.3 Å². The smallest absolute Gasteiger partial charge is 0.272 e. The molecule has 27 heavy (non-hydrogen) atoms. The van der Waals surface area contributed by atoms with Gasteiger partial charge in [0.05, 0.1) is 12.8 Å². The Morgan fingerprint density at radius 1 is 1.22 bits per heavy atom. The highest BCUT2D eigenvalue weighted by molar-refractivity contribution is 6.06. The van der Waals surface area contributed by atoms with E-state index in [1.165, 1.54) is 19.2 Å². The zero-order chi connectivity index (χ0) is 19.0. The fraction of sp³-hybridized carbons (Fsp3) is 0.200. The van der Waals surface area contributed by atoms with Crippen LogP contribution < -0.4 is 15.0 Å². The third-order valence-electron chi connectivity index (χ3n) is 4.63. The maximum absolute atomic E-state index is 13.3. The Kier molecular flexibility index (Phi) is 4.27. The van der Waals surface area contributed by atoms with Crippen LogP contribution in [0.4, 0.5) is 15.8 Å². The van der Waals surface area contributed by atoms with Crippen LogP contribution in [0.2, 0.25) is 0 Å². The standard InChI is InChI=1S/C20H18FN3O3/c1-27-18-11-14(5-7-17(18)24-8-2-3-19(24)25)22-20(26)16-10-12-9-13(21)4-6-15(12)23-16/h4-7,9-11,23H,2-3,8H2,1H3,(H,22,26). The lowest BCUT2D eigenvalue weighted by molar-refractivity contribution is -0.117. The van der Waals surface area contributed by atoms with E-state index in [1.807, 2.05) is 0 Å². The number of hydrogen-bond donors (Lipinski definition) is 2. The average molecular weight is 367 g/mol. The van der Waals surface area contributed by atoms with Gasteiger partial charge in [0.15, 0.2) is 0 Å². The van der Waals surface area contributed by atoms with E-state index in [0.717, 1.165) is 6.42 Å². The molecule has 4 rings (SSSR count). The van der Waals surface area contributed by atoms with Gasteiger partial charge >= 0.3 is 0 Å². The minimum Gasteiger partial charge on any atom is -0.494 e. The molecule has 1 aromatic heterocycles. The first-order valence-corrected chi connectivity index (χ1v) is 8.63. The molecule has 2 aromatic carbocycles. The number of carbonyl (C=O) groups is 2. The van der Waals surface area contributed by atoms with Crippen LogP contribution in [-0.2, 0) is 4.79 Å². The number of anilines is 2. The maximum Gasteiger partial charge on any atom is 0.272 e. The van der Waals surface area contributed by atoms with E-state index >= 15 is 0 Å². The molecule has 0 saturated carbocycles. The molecule has 0 aliphatic carbocycles. The van der Waals surface area contributed by atoms with Crippen molar-refractivity contribution in [2.75, 3.05) is 23.9 Å². The number of carbonyl (C=O) groups excluding carboxylic acids is 2. The monoisotopic (exact) mass is 367 g/mol. The van der Waals surface area contributed by atoms with E-state index in [0.29, 0.717) is 46.7 Å². The molecular weight excluding hydrogens is 349 g/mol. The summed E-state index contributed by atoms with van der Waals surface area (Å²) in [6.45, 7) is 0.659. The van der Waals surface area contributed by atoms with Crippen LogP contribution in [0.1, 0.15) is 23.3 Å². The highest BCUT2D eigenvalue weighted by Gasteiger charge is 2.24. The number of amides is 2. The number of methoxy groups -OCH3 is 1. The number of aromatic amines is 1. The number of H-pyrrole nitrogens is 1. The number of hydrogen-bond acceptors (Lipinski definition) is 3. The Labute approximate surface area is 154 Å². The van der Waals surface area contributed by atoms with Crippen molar-refractivity contribution in [3.05, 3.63) is 54.0 Å². The molecule has 138 valence electrons.